The Morgan fingerprint density at radius 1 is 1.03 bits per heavy atom. The van der Waals surface area contributed by atoms with E-state index >= 15 is 0 Å². The fourth-order valence-electron chi connectivity index (χ4n) is 4.40. The van der Waals surface area contributed by atoms with Gasteiger partial charge in [0.05, 0.1) is 18.9 Å². The largest absolute Gasteiger partial charge is 0.378 e. The molecule has 6 heterocycles. The van der Waals surface area contributed by atoms with Crippen LogP contribution in [0.1, 0.15) is 24.5 Å². The summed E-state index contributed by atoms with van der Waals surface area (Å²) in [7, 11) is 0. The molecule has 1 atom stereocenters. The van der Waals surface area contributed by atoms with Gasteiger partial charge in [-0.2, -0.15) is 15.1 Å². The zero-order chi connectivity index (χ0) is 21.3. The van der Waals surface area contributed by atoms with Gasteiger partial charge in [-0.1, -0.05) is 0 Å². The normalized spacial score (nSPS) is 19.5. The van der Waals surface area contributed by atoms with E-state index in [1.54, 1.807) is 17.1 Å². The molecule has 2 aliphatic rings. The molecule has 0 amide bonds. The highest BCUT2D eigenvalue weighted by Gasteiger charge is 2.23. The van der Waals surface area contributed by atoms with Gasteiger partial charge in [0.15, 0.2) is 11.5 Å². The first-order valence-electron chi connectivity index (χ1n) is 11.1. The van der Waals surface area contributed by atoms with Crippen molar-refractivity contribution in [3.8, 4) is 17.3 Å². The Bertz CT molecular complexity index is 1210. The van der Waals surface area contributed by atoms with Crippen molar-refractivity contribution in [2.24, 2.45) is 0 Å². The van der Waals surface area contributed by atoms with Gasteiger partial charge in [0, 0.05) is 49.7 Å². The molecule has 0 spiro atoms. The van der Waals surface area contributed by atoms with E-state index in [9.17, 15) is 0 Å². The first kappa shape index (κ1) is 19.3. The maximum atomic E-state index is 5.55. The lowest BCUT2D eigenvalue weighted by Crippen LogP contribution is -2.37. The van der Waals surface area contributed by atoms with Gasteiger partial charge in [-0.3, -0.25) is 4.98 Å². The minimum Gasteiger partial charge on any atom is -0.378 e. The van der Waals surface area contributed by atoms with Gasteiger partial charge in [0.2, 0.25) is 0 Å². The quantitative estimate of drug-likeness (QED) is 0.504. The third kappa shape index (κ3) is 3.61. The van der Waals surface area contributed by atoms with Crippen molar-refractivity contribution in [2.75, 3.05) is 44.3 Å². The number of morpholine rings is 1. The number of rotatable bonds is 4. The van der Waals surface area contributed by atoms with Crippen molar-refractivity contribution in [1.82, 2.24) is 40.0 Å². The van der Waals surface area contributed by atoms with Gasteiger partial charge in [0.25, 0.3) is 5.95 Å². The minimum absolute atomic E-state index is 0.427. The molecule has 2 fully saturated rings. The Hall–Kier alpha value is -3.37. The number of imidazole rings is 1. The lowest BCUT2D eigenvalue weighted by atomic mass is 9.97. The van der Waals surface area contributed by atoms with Crippen LogP contribution in [-0.2, 0) is 4.74 Å². The summed E-state index contributed by atoms with van der Waals surface area (Å²) in [6, 6.07) is 5.93. The summed E-state index contributed by atoms with van der Waals surface area (Å²) < 4.78 is 7.32. The summed E-state index contributed by atoms with van der Waals surface area (Å²) in [5.74, 6) is 2.54. The molecular formula is C22H25N9O. The van der Waals surface area contributed by atoms with Crippen molar-refractivity contribution in [3.63, 3.8) is 0 Å². The molecule has 4 aromatic heterocycles. The lowest BCUT2D eigenvalue weighted by molar-refractivity contribution is 0.122. The molecule has 6 rings (SSSR count). The van der Waals surface area contributed by atoms with E-state index in [2.05, 4.69) is 26.3 Å². The summed E-state index contributed by atoms with van der Waals surface area (Å²) in [5, 5.41) is 8.28. The van der Waals surface area contributed by atoms with Gasteiger partial charge in [-0.05, 0) is 37.6 Å². The molecule has 4 aromatic rings. The molecule has 0 saturated carbocycles. The fourth-order valence-corrected chi connectivity index (χ4v) is 4.40. The molecule has 0 aromatic carbocycles. The molecule has 2 aliphatic heterocycles. The van der Waals surface area contributed by atoms with Crippen molar-refractivity contribution in [2.45, 2.75) is 18.8 Å². The van der Waals surface area contributed by atoms with Gasteiger partial charge in [-0.15, -0.1) is 0 Å². The Balaban J connectivity index is 1.43. The van der Waals surface area contributed by atoms with Gasteiger partial charge in [-0.25, -0.2) is 9.67 Å². The van der Waals surface area contributed by atoms with Crippen LogP contribution < -0.4 is 10.2 Å². The van der Waals surface area contributed by atoms with Crippen molar-refractivity contribution >= 4 is 17.0 Å². The number of H-pyrrole nitrogens is 1. The first-order valence-corrected chi connectivity index (χ1v) is 11.1. The SMILES string of the molecule is c1cc(-c2nc3nc(-n4ccc(C5CCCNC5)n4)nc(N4CCOCC4)c3[nH]2)ccn1. The smallest absolute Gasteiger partial charge is 0.254 e. The van der Waals surface area contributed by atoms with E-state index in [-0.39, 0.29) is 0 Å². The summed E-state index contributed by atoms with van der Waals surface area (Å²) in [6.45, 7) is 4.93. The predicted molar refractivity (Wildman–Crippen MR) is 120 cm³/mol. The average molecular weight is 432 g/mol. The molecule has 0 aliphatic carbocycles. The Morgan fingerprint density at radius 3 is 2.72 bits per heavy atom. The number of hydrogen-bond acceptors (Lipinski definition) is 8. The van der Waals surface area contributed by atoms with Crippen molar-refractivity contribution < 1.29 is 4.74 Å². The number of pyridine rings is 1. The van der Waals surface area contributed by atoms with Gasteiger partial charge < -0.3 is 19.9 Å². The number of anilines is 1. The second kappa shape index (κ2) is 8.29. The third-order valence-electron chi connectivity index (χ3n) is 6.11. The number of nitrogens with one attached hydrogen (secondary N) is 2. The van der Waals surface area contributed by atoms with Crippen LogP contribution in [0.15, 0.2) is 36.8 Å². The van der Waals surface area contributed by atoms with E-state index in [0.717, 1.165) is 61.0 Å². The molecule has 164 valence electrons. The molecule has 32 heavy (non-hydrogen) atoms. The molecule has 2 saturated heterocycles. The van der Waals surface area contributed by atoms with Crippen molar-refractivity contribution in [1.29, 1.82) is 0 Å². The van der Waals surface area contributed by atoms with E-state index < -0.39 is 0 Å². The number of piperidine rings is 1. The summed E-state index contributed by atoms with van der Waals surface area (Å²) in [4.78, 5) is 24.2. The van der Waals surface area contributed by atoms with E-state index in [1.165, 1.54) is 6.42 Å². The second-order valence-corrected chi connectivity index (χ2v) is 8.19. The van der Waals surface area contributed by atoms with Crippen LogP contribution in [0.3, 0.4) is 0 Å². The Kier molecular flexibility index (Phi) is 5.00. The zero-order valence-electron chi connectivity index (χ0n) is 17.7. The first-order chi connectivity index (χ1) is 15.8. The number of aromatic nitrogens is 7. The van der Waals surface area contributed by atoms with E-state index in [4.69, 9.17) is 24.8 Å². The number of ether oxygens (including phenoxy) is 1. The molecule has 0 radical (unpaired) electrons. The highest BCUT2D eigenvalue weighted by Crippen LogP contribution is 2.28. The summed E-state index contributed by atoms with van der Waals surface area (Å²) in [5.41, 5.74) is 3.48. The number of hydrogen-bond donors (Lipinski definition) is 2. The maximum Gasteiger partial charge on any atom is 0.254 e. The monoisotopic (exact) mass is 431 g/mol. The standard InChI is InChI=1S/C22H25N9O/c1-2-16(14-24-6-1)17-5-9-31(29-17)22-27-20-18(21(28-22)30-10-12-32-13-11-30)25-19(26-20)15-3-7-23-8-4-15/h3-5,7-9,16,24H,1-2,6,10-14H2,(H,25,26,27,28). The highest BCUT2D eigenvalue weighted by atomic mass is 16.5. The fraction of sp³-hybridized carbons (Fsp3) is 0.409. The molecule has 1 unspecified atom stereocenters. The van der Waals surface area contributed by atoms with Crippen molar-refractivity contribution in [3.05, 3.63) is 42.5 Å². The van der Waals surface area contributed by atoms with Crippen LogP contribution in [-0.4, -0.2) is 74.1 Å². The minimum atomic E-state index is 0.427. The summed E-state index contributed by atoms with van der Waals surface area (Å²) in [6.07, 6.45) is 7.79. The van der Waals surface area contributed by atoms with Crippen LogP contribution >= 0.6 is 0 Å². The van der Waals surface area contributed by atoms with Crippen LogP contribution in [0.2, 0.25) is 0 Å². The third-order valence-corrected chi connectivity index (χ3v) is 6.11. The number of fused-ring (bicyclic) bond motifs is 1. The number of nitrogens with zero attached hydrogens (tertiary/aromatic N) is 7. The Morgan fingerprint density at radius 2 is 1.91 bits per heavy atom. The molecule has 10 heteroatoms. The highest BCUT2D eigenvalue weighted by molar-refractivity contribution is 5.86. The van der Waals surface area contributed by atoms with E-state index in [1.807, 2.05) is 18.3 Å². The van der Waals surface area contributed by atoms with Crippen LogP contribution in [0.5, 0.6) is 0 Å². The topological polar surface area (TPSA) is 110 Å². The maximum absolute atomic E-state index is 5.55. The molecule has 0 bridgehead atoms. The second-order valence-electron chi connectivity index (χ2n) is 8.19. The lowest BCUT2D eigenvalue weighted by Gasteiger charge is -2.28. The Labute approximate surface area is 185 Å². The van der Waals surface area contributed by atoms with Crippen LogP contribution in [0.4, 0.5) is 5.82 Å². The number of aromatic amines is 1. The van der Waals surface area contributed by atoms with E-state index in [0.29, 0.717) is 30.7 Å². The average Bonchev–Trinajstić information content (AvgIpc) is 3.53. The molecule has 2 N–H and O–H groups in total. The van der Waals surface area contributed by atoms with Crippen LogP contribution in [0, 0.1) is 0 Å². The predicted octanol–water partition coefficient (Wildman–Crippen LogP) is 1.90. The molecule has 10 nitrogen and oxygen atoms in total. The zero-order valence-corrected chi connectivity index (χ0v) is 17.7. The van der Waals surface area contributed by atoms with Gasteiger partial charge >= 0.3 is 0 Å². The molecular weight excluding hydrogens is 406 g/mol. The van der Waals surface area contributed by atoms with Crippen LogP contribution in [0.25, 0.3) is 28.5 Å². The van der Waals surface area contributed by atoms with Gasteiger partial charge in [0.1, 0.15) is 11.3 Å². The summed E-state index contributed by atoms with van der Waals surface area (Å²) >= 11 is 0.